The minimum Gasteiger partial charge on any atom is -0.409 e. The fraction of sp³-hybridized carbons (Fsp3) is 0.778. The molecule has 1 rings (SSSR count). The van der Waals surface area contributed by atoms with Gasteiger partial charge in [0.1, 0.15) is 0 Å². The van der Waals surface area contributed by atoms with E-state index in [1.54, 1.807) is 0 Å². The third-order valence-corrected chi connectivity index (χ3v) is 2.52. The van der Waals surface area contributed by atoms with Gasteiger partial charge in [0, 0.05) is 6.61 Å². The molecule has 1 saturated heterocycles. The Morgan fingerprint density at radius 3 is 3.07 bits per heavy atom. The molecular weight excluding hydrogens is 198 g/mol. The number of carbonyl (C=O) groups excluding carboxylic acids is 1. The molecule has 0 aromatic rings. The summed E-state index contributed by atoms with van der Waals surface area (Å²) in [5.74, 6) is -0.206. The molecule has 0 bridgehead atoms. The van der Waals surface area contributed by atoms with Crippen LogP contribution >= 0.6 is 0 Å². The average molecular weight is 215 g/mol. The molecule has 6 nitrogen and oxygen atoms in total. The van der Waals surface area contributed by atoms with Crippen molar-refractivity contribution in [2.75, 3.05) is 13.2 Å². The molecule has 0 aliphatic carbocycles. The Morgan fingerprint density at radius 1 is 1.73 bits per heavy atom. The first kappa shape index (κ1) is 11.8. The van der Waals surface area contributed by atoms with Crippen molar-refractivity contribution in [2.24, 2.45) is 16.8 Å². The molecule has 0 saturated carbocycles. The van der Waals surface area contributed by atoms with Gasteiger partial charge in [-0.3, -0.25) is 4.79 Å². The van der Waals surface area contributed by atoms with Gasteiger partial charge in [0.2, 0.25) is 5.91 Å². The van der Waals surface area contributed by atoms with E-state index in [1.165, 1.54) is 0 Å². The van der Waals surface area contributed by atoms with E-state index in [0.29, 0.717) is 6.61 Å². The molecule has 0 aromatic heterocycles. The topological polar surface area (TPSA) is 96.9 Å². The molecule has 15 heavy (non-hydrogen) atoms. The van der Waals surface area contributed by atoms with Crippen molar-refractivity contribution in [3.63, 3.8) is 0 Å². The molecule has 1 aliphatic rings. The minimum absolute atomic E-state index is 0.00251. The van der Waals surface area contributed by atoms with E-state index in [0.717, 1.165) is 12.8 Å². The highest BCUT2D eigenvalue weighted by molar-refractivity contribution is 5.87. The number of ether oxygens (including phenoxy) is 1. The van der Waals surface area contributed by atoms with Gasteiger partial charge in [0.25, 0.3) is 0 Å². The summed E-state index contributed by atoms with van der Waals surface area (Å²) in [6, 6.07) is 0. The summed E-state index contributed by atoms with van der Waals surface area (Å²) in [4.78, 5) is 11.7. The third kappa shape index (κ3) is 3.09. The number of hydrogen-bond acceptors (Lipinski definition) is 4. The zero-order chi connectivity index (χ0) is 11.3. The molecule has 1 amide bonds. The molecule has 2 atom stereocenters. The minimum atomic E-state index is -0.110. The quantitative estimate of drug-likeness (QED) is 0.259. The van der Waals surface area contributed by atoms with Gasteiger partial charge in [0.15, 0.2) is 5.84 Å². The lowest BCUT2D eigenvalue weighted by molar-refractivity contribution is -0.126. The lowest BCUT2D eigenvalue weighted by Crippen LogP contribution is -2.39. The maximum absolute atomic E-state index is 11.7. The predicted molar refractivity (Wildman–Crippen MR) is 54.6 cm³/mol. The molecule has 0 spiro atoms. The largest absolute Gasteiger partial charge is 0.409 e. The van der Waals surface area contributed by atoms with Crippen LogP contribution in [0.1, 0.15) is 19.8 Å². The summed E-state index contributed by atoms with van der Waals surface area (Å²) in [5.41, 5.74) is 5.24. The maximum Gasteiger partial charge on any atom is 0.226 e. The lowest BCUT2D eigenvalue weighted by atomic mass is 9.99. The van der Waals surface area contributed by atoms with Crippen LogP contribution < -0.4 is 11.1 Å². The van der Waals surface area contributed by atoms with Crippen molar-refractivity contribution in [2.45, 2.75) is 25.9 Å². The van der Waals surface area contributed by atoms with Gasteiger partial charge in [-0.2, -0.15) is 0 Å². The standard InChI is InChI=1S/C9H17N3O3/c1-2-7-6(3-4-15-7)9(13)11-5-8(10)12-14/h6-7,14H,2-5H2,1H3,(H2,10,12)(H,11,13). The Bertz CT molecular complexity index is 255. The van der Waals surface area contributed by atoms with Crippen LogP contribution in [0.25, 0.3) is 0 Å². The first-order valence-electron chi connectivity index (χ1n) is 5.04. The van der Waals surface area contributed by atoms with Crippen LogP contribution in [0.4, 0.5) is 0 Å². The van der Waals surface area contributed by atoms with Gasteiger partial charge in [-0.05, 0) is 12.8 Å². The average Bonchev–Trinajstić information content (AvgIpc) is 2.73. The number of oxime groups is 1. The van der Waals surface area contributed by atoms with Crippen LogP contribution in [-0.2, 0) is 9.53 Å². The summed E-state index contributed by atoms with van der Waals surface area (Å²) >= 11 is 0. The number of nitrogens with one attached hydrogen (secondary N) is 1. The van der Waals surface area contributed by atoms with Gasteiger partial charge >= 0.3 is 0 Å². The summed E-state index contributed by atoms with van der Waals surface area (Å²) in [5, 5.41) is 13.7. The second-order valence-electron chi connectivity index (χ2n) is 3.52. The van der Waals surface area contributed by atoms with E-state index >= 15 is 0 Å². The van der Waals surface area contributed by atoms with Crippen molar-refractivity contribution < 1.29 is 14.7 Å². The lowest BCUT2D eigenvalue weighted by Gasteiger charge is -2.15. The maximum atomic E-state index is 11.7. The van der Waals surface area contributed by atoms with Crippen molar-refractivity contribution in [1.29, 1.82) is 0 Å². The molecule has 0 aromatic carbocycles. The Hall–Kier alpha value is -1.30. The molecule has 1 fully saturated rings. The van der Waals surface area contributed by atoms with Gasteiger partial charge in [-0.15, -0.1) is 0 Å². The fourth-order valence-electron chi connectivity index (χ4n) is 1.69. The summed E-state index contributed by atoms with van der Waals surface area (Å²) in [6.07, 6.45) is 1.56. The highest BCUT2D eigenvalue weighted by atomic mass is 16.5. The smallest absolute Gasteiger partial charge is 0.226 e. The van der Waals surface area contributed by atoms with Crippen LogP contribution in [0.15, 0.2) is 5.16 Å². The first-order chi connectivity index (χ1) is 7.19. The molecular formula is C9H17N3O3. The van der Waals surface area contributed by atoms with Crippen molar-refractivity contribution in [3.8, 4) is 0 Å². The monoisotopic (exact) mass is 215 g/mol. The number of nitrogens with two attached hydrogens (primary N) is 1. The first-order valence-corrected chi connectivity index (χ1v) is 5.04. The summed E-state index contributed by atoms with van der Waals surface area (Å²) in [6.45, 7) is 2.68. The number of amidine groups is 1. The zero-order valence-corrected chi connectivity index (χ0v) is 8.77. The van der Waals surface area contributed by atoms with Gasteiger partial charge in [0.05, 0.1) is 18.6 Å². The Kier molecular flexibility index (Phi) is 4.36. The number of carbonyl (C=O) groups is 1. The van der Waals surface area contributed by atoms with Crippen LogP contribution in [0.5, 0.6) is 0 Å². The van der Waals surface area contributed by atoms with E-state index in [1.807, 2.05) is 6.92 Å². The van der Waals surface area contributed by atoms with E-state index in [9.17, 15) is 4.79 Å². The number of rotatable bonds is 4. The van der Waals surface area contributed by atoms with Crippen LogP contribution in [0.2, 0.25) is 0 Å². The number of amides is 1. The van der Waals surface area contributed by atoms with E-state index in [2.05, 4.69) is 10.5 Å². The Balaban J connectivity index is 2.39. The van der Waals surface area contributed by atoms with Crippen molar-refractivity contribution in [3.05, 3.63) is 0 Å². The normalized spacial score (nSPS) is 26.6. The highest BCUT2D eigenvalue weighted by Gasteiger charge is 2.32. The summed E-state index contributed by atoms with van der Waals surface area (Å²) < 4.78 is 5.40. The fourth-order valence-corrected chi connectivity index (χ4v) is 1.69. The second kappa shape index (κ2) is 5.55. The molecule has 1 heterocycles. The molecule has 2 unspecified atom stereocenters. The number of hydrogen-bond donors (Lipinski definition) is 3. The van der Waals surface area contributed by atoms with Crippen molar-refractivity contribution in [1.82, 2.24) is 5.32 Å². The highest BCUT2D eigenvalue weighted by Crippen LogP contribution is 2.23. The van der Waals surface area contributed by atoms with E-state index < -0.39 is 0 Å². The third-order valence-electron chi connectivity index (χ3n) is 2.52. The Labute approximate surface area is 88.5 Å². The van der Waals surface area contributed by atoms with Crippen molar-refractivity contribution >= 4 is 11.7 Å². The van der Waals surface area contributed by atoms with Gasteiger partial charge < -0.3 is 21.0 Å². The van der Waals surface area contributed by atoms with E-state index in [-0.39, 0.29) is 30.3 Å². The molecule has 6 heteroatoms. The predicted octanol–water partition coefficient (Wildman–Crippen LogP) is -0.336. The van der Waals surface area contributed by atoms with E-state index in [4.69, 9.17) is 15.7 Å². The van der Waals surface area contributed by atoms with Crippen LogP contribution in [0, 0.1) is 5.92 Å². The molecule has 0 radical (unpaired) electrons. The second-order valence-corrected chi connectivity index (χ2v) is 3.52. The Morgan fingerprint density at radius 2 is 2.47 bits per heavy atom. The molecule has 86 valence electrons. The summed E-state index contributed by atoms with van der Waals surface area (Å²) in [7, 11) is 0. The number of nitrogens with zero attached hydrogens (tertiary/aromatic N) is 1. The van der Waals surface area contributed by atoms with Crippen LogP contribution in [-0.4, -0.2) is 36.2 Å². The SMILES string of the molecule is CCC1OCCC1C(=O)NCC(N)=NO. The van der Waals surface area contributed by atoms with Gasteiger partial charge in [-0.25, -0.2) is 0 Å². The molecule has 1 aliphatic heterocycles. The molecule has 4 N–H and O–H groups in total. The van der Waals surface area contributed by atoms with Gasteiger partial charge in [-0.1, -0.05) is 12.1 Å². The van der Waals surface area contributed by atoms with Crippen LogP contribution in [0.3, 0.4) is 0 Å². The zero-order valence-electron chi connectivity index (χ0n) is 8.77.